The fourth-order valence-electron chi connectivity index (χ4n) is 2.80. The van der Waals surface area contributed by atoms with Crippen LogP contribution in [0.1, 0.15) is 47.3 Å². The lowest BCUT2D eigenvalue weighted by molar-refractivity contribution is 0.0697. The Hall–Kier alpha value is -2.21. The Morgan fingerprint density at radius 2 is 1.95 bits per heavy atom. The zero-order valence-corrected chi connectivity index (χ0v) is 12.9. The summed E-state index contributed by atoms with van der Waals surface area (Å²) in [6.45, 7) is 7.69. The molecule has 0 amide bonds. The number of benzene rings is 1. The average Bonchev–Trinajstić information content (AvgIpc) is 2.91. The van der Waals surface area contributed by atoms with Gasteiger partial charge in [-0.2, -0.15) is 0 Å². The minimum absolute atomic E-state index is 0.323. The van der Waals surface area contributed by atoms with Gasteiger partial charge in [0.1, 0.15) is 11.6 Å². The second-order valence-electron chi connectivity index (χ2n) is 5.99. The van der Waals surface area contributed by atoms with E-state index in [1.54, 1.807) is 12.1 Å². The summed E-state index contributed by atoms with van der Waals surface area (Å²) >= 11 is 0. The van der Waals surface area contributed by atoms with E-state index in [4.69, 9.17) is 5.11 Å². The Morgan fingerprint density at radius 3 is 2.59 bits per heavy atom. The molecule has 116 valence electrons. The number of aromatic nitrogens is 3. The maximum absolute atomic E-state index is 10.9. The van der Waals surface area contributed by atoms with Crippen LogP contribution in [0.4, 0.5) is 0 Å². The fraction of sp³-hybridized carbons (Fsp3) is 0.438. The van der Waals surface area contributed by atoms with Crippen molar-refractivity contribution in [2.24, 2.45) is 0 Å². The highest BCUT2D eigenvalue weighted by molar-refractivity contribution is 5.87. The zero-order chi connectivity index (χ0) is 15.7. The summed E-state index contributed by atoms with van der Waals surface area (Å²) in [6, 6.07) is 7.06. The van der Waals surface area contributed by atoms with Gasteiger partial charge in [-0.1, -0.05) is 26.0 Å². The van der Waals surface area contributed by atoms with Crippen LogP contribution in [0.15, 0.2) is 24.3 Å². The van der Waals surface area contributed by atoms with Crippen LogP contribution in [-0.4, -0.2) is 37.3 Å². The van der Waals surface area contributed by atoms with E-state index in [2.05, 4.69) is 33.5 Å². The van der Waals surface area contributed by atoms with Crippen LogP contribution in [0.25, 0.3) is 0 Å². The maximum Gasteiger partial charge on any atom is 0.335 e. The number of carbonyl (C=O) groups is 1. The summed E-state index contributed by atoms with van der Waals surface area (Å²) in [7, 11) is 0. The Balaban J connectivity index is 1.69. The van der Waals surface area contributed by atoms with E-state index in [0.717, 1.165) is 43.4 Å². The Kier molecular flexibility index (Phi) is 3.94. The van der Waals surface area contributed by atoms with Crippen molar-refractivity contribution in [3.63, 3.8) is 0 Å². The number of aromatic carboxylic acids is 1. The first kappa shape index (κ1) is 14.7. The zero-order valence-electron chi connectivity index (χ0n) is 12.9. The minimum atomic E-state index is -0.890. The van der Waals surface area contributed by atoms with Crippen LogP contribution in [0.2, 0.25) is 0 Å². The number of fused-ring (bicyclic) bond motifs is 1. The highest BCUT2D eigenvalue weighted by atomic mass is 16.4. The molecule has 0 aliphatic carbocycles. The van der Waals surface area contributed by atoms with Gasteiger partial charge in [0.25, 0.3) is 0 Å². The predicted octanol–water partition coefficient (Wildman–Crippen LogP) is 2.12. The van der Waals surface area contributed by atoms with Crippen molar-refractivity contribution in [2.45, 2.75) is 39.4 Å². The lowest BCUT2D eigenvalue weighted by atomic mass is 10.1. The second-order valence-corrected chi connectivity index (χ2v) is 5.99. The molecule has 1 aliphatic heterocycles. The standard InChI is InChI=1S/C16H20N4O2/c1-11(2)15-18-17-14-10-19(7-8-20(14)15)9-12-3-5-13(6-4-12)16(21)22/h3-6,11H,7-10H2,1-2H3,(H,21,22). The summed E-state index contributed by atoms with van der Waals surface area (Å²) < 4.78 is 2.22. The van der Waals surface area contributed by atoms with Gasteiger partial charge in [-0.05, 0) is 17.7 Å². The van der Waals surface area contributed by atoms with Gasteiger partial charge in [-0.25, -0.2) is 4.79 Å². The van der Waals surface area contributed by atoms with E-state index < -0.39 is 5.97 Å². The summed E-state index contributed by atoms with van der Waals surface area (Å²) in [5.41, 5.74) is 1.44. The van der Waals surface area contributed by atoms with Gasteiger partial charge < -0.3 is 9.67 Å². The van der Waals surface area contributed by atoms with Gasteiger partial charge in [-0.15, -0.1) is 10.2 Å². The molecule has 1 N–H and O–H groups in total. The van der Waals surface area contributed by atoms with E-state index in [9.17, 15) is 4.79 Å². The molecule has 0 saturated heterocycles. The first-order valence-electron chi connectivity index (χ1n) is 7.51. The molecule has 0 fully saturated rings. The van der Waals surface area contributed by atoms with E-state index in [1.807, 2.05) is 12.1 Å². The SMILES string of the molecule is CC(C)c1nnc2n1CCN(Cc1ccc(C(=O)O)cc1)C2. The molecule has 0 bridgehead atoms. The van der Waals surface area contributed by atoms with Crippen LogP contribution in [0.5, 0.6) is 0 Å². The van der Waals surface area contributed by atoms with E-state index >= 15 is 0 Å². The smallest absolute Gasteiger partial charge is 0.335 e. The van der Waals surface area contributed by atoms with Crippen molar-refractivity contribution in [1.82, 2.24) is 19.7 Å². The summed E-state index contributed by atoms with van der Waals surface area (Å²) in [6.07, 6.45) is 0. The summed E-state index contributed by atoms with van der Waals surface area (Å²) in [5.74, 6) is 1.56. The molecule has 1 aromatic carbocycles. The largest absolute Gasteiger partial charge is 0.478 e. The van der Waals surface area contributed by atoms with Gasteiger partial charge in [0.2, 0.25) is 0 Å². The van der Waals surface area contributed by atoms with Crippen LogP contribution in [-0.2, 0) is 19.6 Å². The number of carboxylic acids is 1. The average molecular weight is 300 g/mol. The molecule has 0 unspecified atom stereocenters. The number of hydrogen-bond donors (Lipinski definition) is 1. The summed E-state index contributed by atoms with van der Waals surface area (Å²) in [4.78, 5) is 13.2. The van der Waals surface area contributed by atoms with Crippen molar-refractivity contribution < 1.29 is 9.90 Å². The van der Waals surface area contributed by atoms with Crippen LogP contribution in [0.3, 0.4) is 0 Å². The van der Waals surface area contributed by atoms with Crippen molar-refractivity contribution in [3.8, 4) is 0 Å². The van der Waals surface area contributed by atoms with Crippen molar-refractivity contribution >= 4 is 5.97 Å². The van der Waals surface area contributed by atoms with Crippen molar-refractivity contribution in [2.75, 3.05) is 6.54 Å². The molecular weight excluding hydrogens is 280 g/mol. The van der Waals surface area contributed by atoms with Crippen LogP contribution < -0.4 is 0 Å². The quantitative estimate of drug-likeness (QED) is 0.936. The first-order valence-corrected chi connectivity index (χ1v) is 7.51. The van der Waals surface area contributed by atoms with Gasteiger partial charge in [0.15, 0.2) is 0 Å². The van der Waals surface area contributed by atoms with E-state index in [1.165, 1.54) is 0 Å². The number of carboxylic acid groups (broad SMARTS) is 1. The van der Waals surface area contributed by atoms with Crippen molar-refractivity contribution in [1.29, 1.82) is 0 Å². The Bertz CT molecular complexity index is 676. The highest BCUT2D eigenvalue weighted by Gasteiger charge is 2.22. The predicted molar refractivity (Wildman–Crippen MR) is 81.6 cm³/mol. The second kappa shape index (κ2) is 5.88. The number of nitrogens with zero attached hydrogens (tertiary/aromatic N) is 4. The highest BCUT2D eigenvalue weighted by Crippen LogP contribution is 2.19. The topological polar surface area (TPSA) is 71.2 Å². The third-order valence-corrected chi connectivity index (χ3v) is 3.98. The molecule has 1 aliphatic rings. The molecule has 0 atom stereocenters. The Labute approximate surface area is 129 Å². The van der Waals surface area contributed by atoms with Crippen LogP contribution in [0, 0.1) is 0 Å². The van der Waals surface area contributed by atoms with Crippen LogP contribution >= 0.6 is 0 Å². The van der Waals surface area contributed by atoms with Gasteiger partial charge in [0.05, 0.1) is 12.1 Å². The van der Waals surface area contributed by atoms with Gasteiger partial charge in [-0.3, -0.25) is 4.90 Å². The molecule has 2 heterocycles. The molecule has 22 heavy (non-hydrogen) atoms. The van der Waals surface area contributed by atoms with E-state index in [0.29, 0.717) is 11.5 Å². The summed E-state index contributed by atoms with van der Waals surface area (Å²) in [5, 5.41) is 17.5. The third kappa shape index (κ3) is 2.87. The lowest BCUT2D eigenvalue weighted by Crippen LogP contribution is -2.34. The molecule has 0 saturated carbocycles. The minimum Gasteiger partial charge on any atom is -0.478 e. The molecule has 0 radical (unpaired) electrons. The third-order valence-electron chi connectivity index (χ3n) is 3.98. The first-order chi connectivity index (χ1) is 10.5. The molecule has 2 aromatic rings. The molecule has 6 heteroatoms. The van der Waals surface area contributed by atoms with Gasteiger partial charge >= 0.3 is 5.97 Å². The Morgan fingerprint density at radius 1 is 1.23 bits per heavy atom. The number of rotatable bonds is 4. The fourth-order valence-corrected chi connectivity index (χ4v) is 2.80. The lowest BCUT2D eigenvalue weighted by Gasteiger charge is -2.28. The number of hydrogen-bond acceptors (Lipinski definition) is 4. The molecule has 3 rings (SSSR count). The monoisotopic (exact) mass is 300 g/mol. The molecular formula is C16H20N4O2. The van der Waals surface area contributed by atoms with E-state index in [-0.39, 0.29) is 0 Å². The molecule has 0 spiro atoms. The maximum atomic E-state index is 10.9. The molecule has 1 aromatic heterocycles. The normalized spacial score (nSPS) is 15.0. The van der Waals surface area contributed by atoms with Crippen molar-refractivity contribution in [3.05, 3.63) is 47.0 Å². The van der Waals surface area contributed by atoms with Gasteiger partial charge in [0, 0.05) is 25.6 Å². The molecule has 6 nitrogen and oxygen atoms in total.